The molecule has 1 aliphatic carbocycles. The summed E-state index contributed by atoms with van der Waals surface area (Å²) in [5, 5.41) is 76.2. The van der Waals surface area contributed by atoms with Crippen LogP contribution in [0.3, 0.4) is 0 Å². The fraction of sp³-hybridized carbons (Fsp3) is 0.745. The minimum absolute atomic E-state index is 0.00540. The van der Waals surface area contributed by atoms with Crippen LogP contribution in [0.4, 0.5) is 0 Å². The van der Waals surface area contributed by atoms with Gasteiger partial charge in [-0.2, -0.15) is 4.89 Å². The minimum Gasteiger partial charge on any atom is -0.507 e. The van der Waals surface area contributed by atoms with Gasteiger partial charge in [0, 0.05) is 58.1 Å². The number of benzene rings is 2. The first kappa shape index (κ1) is 59.1. The van der Waals surface area contributed by atoms with Gasteiger partial charge in [-0.3, -0.25) is 14.4 Å². The summed E-state index contributed by atoms with van der Waals surface area (Å²) in [6, 6.07) is 3.13. The van der Waals surface area contributed by atoms with Crippen molar-refractivity contribution in [1.82, 2.24) is 0 Å². The molecule has 0 amide bonds. The van der Waals surface area contributed by atoms with Gasteiger partial charge in [0.25, 0.3) is 13.0 Å². The van der Waals surface area contributed by atoms with Crippen LogP contribution in [-0.4, -0.2) is 204 Å². The molecule has 2 aromatic carbocycles. The summed E-state index contributed by atoms with van der Waals surface area (Å²) in [4.78, 5) is 42.4. The Balaban J connectivity index is 0.988. The third kappa shape index (κ3) is 13.4. The maximum atomic E-state index is 14.8. The summed E-state index contributed by atoms with van der Waals surface area (Å²) in [6.45, 7) is 8.57. The highest BCUT2D eigenvalue weighted by Crippen LogP contribution is 2.47. The van der Waals surface area contributed by atoms with Crippen molar-refractivity contribution in [2.24, 2.45) is 5.92 Å². The number of fused-ring (bicyclic) bond motifs is 2. The molecule has 8 rings (SSSR count). The second kappa shape index (κ2) is 25.2. The van der Waals surface area contributed by atoms with Crippen LogP contribution in [0.5, 0.6) is 17.2 Å². The molecular formula is C51H72O26. The highest BCUT2D eigenvalue weighted by atomic mass is 17.2. The van der Waals surface area contributed by atoms with Crippen molar-refractivity contribution in [3.05, 3.63) is 28.8 Å². The van der Waals surface area contributed by atoms with Crippen molar-refractivity contribution in [3.63, 3.8) is 0 Å². The Bertz CT molecular complexity index is 2360. The van der Waals surface area contributed by atoms with E-state index in [4.69, 9.17) is 76.3 Å². The topological polar surface area (TPSA) is 340 Å². The number of ketones is 1. The van der Waals surface area contributed by atoms with Crippen molar-refractivity contribution in [3.8, 4) is 17.2 Å². The molecule has 26 heteroatoms. The van der Waals surface area contributed by atoms with Crippen LogP contribution in [0.2, 0.25) is 0 Å². The number of hydrogen-bond acceptors (Lipinski definition) is 26. The average molecular weight is 1100 g/mol. The van der Waals surface area contributed by atoms with Gasteiger partial charge in [0.2, 0.25) is 6.29 Å². The zero-order valence-corrected chi connectivity index (χ0v) is 44.2. The molecule has 0 saturated carbocycles. The lowest BCUT2D eigenvalue weighted by molar-refractivity contribution is -0.414. The molecule has 22 atom stereocenters. The molecule has 0 bridgehead atoms. The van der Waals surface area contributed by atoms with E-state index in [9.17, 15) is 45.0 Å². The third-order valence-electron chi connectivity index (χ3n) is 14.8. The van der Waals surface area contributed by atoms with Crippen LogP contribution in [0, 0.1) is 12.8 Å². The van der Waals surface area contributed by atoms with Gasteiger partial charge in [-0.1, -0.05) is 0 Å². The number of ether oxygens (including phenoxy) is 15. The molecular weight excluding hydrogens is 1030 g/mol. The molecule has 5 aliphatic heterocycles. The highest BCUT2D eigenvalue weighted by molar-refractivity contribution is 6.11. The molecule has 0 radical (unpaired) electrons. The van der Waals surface area contributed by atoms with Crippen LogP contribution in [0.1, 0.15) is 95.6 Å². The normalized spacial score (nSPS) is 39.1. The second-order valence-electron chi connectivity index (χ2n) is 20.4. The Morgan fingerprint density at radius 1 is 0.701 bits per heavy atom. The summed E-state index contributed by atoms with van der Waals surface area (Å²) in [5.41, 5.74) is 0.276. The fourth-order valence-electron chi connectivity index (χ4n) is 10.9. The second-order valence-corrected chi connectivity index (χ2v) is 20.4. The largest absolute Gasteiger partial charge is 0.507 e. The number of aliphatic hydroxyl groups is 4. The van der Waals surface area contributed by atoms with Gasteiger partial charge in [-0.25, -0.2) is 5.26 Å². The standard InChI is InChI=1S/C51H72O26/c1-19-31(72-38-16-34(48(24(6)68-38)71-26(8)53)74-36-13-30(54)47(62-9)23(5)67-36)12-28-10-27-11-29(17-63-50(60)77-61)49(46(59)41(27)45(58)40(28)42(19)55)76-39-14-32(43(56)21(3)66-39)73-37-15-33(44(57)22(4)65-37)75-51-64-18-35(20(2)69-51)70-25(7)52/h10,12,20-24,29-30,32-39,43-44,47-51,54-58,60-61H,11,13-18H2,1-9H3/t20?,21?,22?,23?,24?,29?,30?,32?,33?,34?,35?,36?,37?,38?,39?,43?,44?,47?,48?,49-,50?,51?/m0/s1. The van der Waals surface area contributed by atoms with Gasteiger partial charge in [0.15, 0.2) is 36.9 Å². The van der Waals surface area contributed by atoms with Crippen molar-refractivity contribution in [2.45, 2.75) is 217 Å². The molecule has 77 heavy (non-hydrogen) atoms. The third-order valence-corrected chi connectivity index (χ3v) is 14.8. The van der Waals surface area contributed by atoms with Gasteiger partial charge in [0.1, 0.15) is 47.8 Å². The Labute approximate surface area is 443 Å². The molecule has 6 aliphatic rings. The number of phenols is 2. The average Bonchev–Trinajstić information content (AvgIpc) is 3.42. The zero-order chi connectivity index (χ0) is 55.7. The van der Waals surface area contributed by atoms with E-state index in [0.717, 1.165) is 0 Å². The maximum absolute atomic E-state index is 14.8. The lowest BCUT2D eigenvalue weighted by Crippen LogP contribution is -2.56. The van der Waals surface area contributed by atoms with E-state index in [1.54, 1.807) is 46.8 Å². The monoisotopic (exact) mass is 1100 g/mol. The number of aromatic hydroxyl groups is 2. The van der Waals surface area contributed by atoms with Crippen molar-refractivity contribution < 1.29 is 126 Å². The van der Waals surface area contributed by atoms with E-state index in [2.05, 4.69) is 4.89 Å². The first-order valence-corrected chi connectivity index (χ1v) is 25.8. The Morgan fingerprint density at radius 3 is 1.91 bits per heavy atom. The van der Waals surface area contributed by atoms with E-state index in [-0.39, 0.29) is 66.4 Å². The number of carbonyl (C=O) groups excluding carboxylic acids is 3. The van der Waals surface area contributed by atoms with Crippen LogP contribution >= 0.6 is 0 Å². The molecule has 0 aromatic heterocycles. The number of esters is 2. The maximum Gasteiger partial charge on any atom is 0.303 e. The summed E-state index contributed by atoms with van der Waals surface area (Å²) in [6.07, 6.45) is -17.7. The Morgan fingerprint density at radius 2 is 1.29 bits per heavy atom. The van der Waals surface area contributed by atoms with E-state index >= 15 is 0 Å². The smallest absolute Gasteiger partial charge is 0.303 e. The zero-order valence-electron chi connectivity index (χ0n) is 44.2. The predicted molar refractivity (Wildman–Crippen MR) is 255 cm³/mol. The first-order valence-electron chi connectivity index (χ1n) is 25.8. The first-order chi connectivity index (χ1) is 36.5. The number of aliphatic hydroxyl groups excluding tert-OH is 4. The van der Waals surface area contributed by atoms with Crippen LogP contribution < -0.4 is 4.74 Å². The highest BCUT2D eigenvalue weighted by Gasteiger charge is 2.49. The number of carbonyl (C=O) groups is 3. The molecule has 5 heterocycles. The van der Waals surface area contributed by atoms with Gasteiger partial charge in [0.05, 0.1) is 73.0 Å². The molecule has 5 fully saturated rings. The molecule has 7 N–H and O–H groups in total. The summed E-state index contributed by atoms with van der Waals surface area (Å²) >= 11 is 0. The number of Topliss-reactive ketones (excluding diaryl/α,β-unsaturated/α-hetero) is 1. The number of methoxy groups -OCH3 is 1. The predicted octanol–water partition coefficient (Wildman–Crippen LogP) is 1.84. The number of hydrogen-bond donors (Lipinski definition) is 7. The molecule has 0 spiro atoms. The molecule has 26 nitrogen and oxygen atoms in total. The van der Waals surface area contributed by atoms with Gasteiger partial charge < -0.3 is 102 Å². The fourth-order valence-corrected chi connectivity index (χ4v) is 10.9. The minimum atomic E-state index is -2.11. The van der Waals surface area contributed by atoms with Crippen LogP contribution in [0.15, 0.2) is 12.1 Å². The lowest BCUT2D eigenvalue weighted by Gasteiger charge is -2.44. The SMILES string of the molecule is COC1C(O)CC(OC2CC(Oc3cc4cc5c(c(O)c4c(O)c3C)C(=O)[C@@H](OC3CC(OC4CC(OC6OCC(OC(C)=O)C(C)O6)C(O)C(C)O4)C(O)C(C)O3)C(COC(O)OO)C5)OC(C)C2OC(C)=O)OC1C. The van der Waals surface area contributed by atoms with Crippen molar-refractivity contribution in [1.29, 1.82) is 0 Å². The quantitative estimate of drug-likeness (QED) is 0.0514. The van der Waals surface area contributed by atoms with E-state index < -0.39 is 171 Å². The summed E-state index contributed by atoms with van der Waals surface area (Å²) in [7, 11) is 1.47. The molecule has 21 unspecified atom stereocenters. The van der Waals surface area contributed by atoms with Crippen molar-refractivity contribution in [2.75, 3.05) is 20.3 Å². The number of phenolic OH excluding ortho intramolecular Hbond substituents is 2. The van der Waals surface area contributed by atoms with Gasteiger partial charge >= 0.3 is 11.9 Å². The van der Waals surface area contributed by atoms with Crippen LogP contribution in [-0.2, 0) is 87.2 Å². The molecule has 5 saturated heterocycles. The van der Waals surface area contributed by atoms with E-state index in [1.807, 2.05) is 0 Å². The summed E-state index contributed by atoms with van der Waals surface area (Å²) < 4.78 is 88.5. The van der Waals surface area contributed by atoms with E-state index in [1.165, 1.54) is 27.9 Å². The Hall–Kier alpha value is -4.01. The Kier molecular flexibility index (Phi) is 19.3. The molecule has 432 valence electrons. The summed E-state index contributed by atoms with van der Waals surface area (Å²) in [5.74, 6) is -3.62. The lowest BCUT2D eigenvalue weighted by atomic mass is 9.79. The van der Waals surface area contributed by atoms with Crippen LogP contribution in [0.25, 0.3) is 10.8 Å². The number of rotatable bonds is 17. The van der Waals surface area contributed by atoms with Crippen molar-refractivity contribution >= 4 is 28.5 Å². The molecule has 2 aromatic rings. The van der Waals surface area contributed by atoms with Gasteiger partial charge in [-0.05, 0) is 71.0 Å². The van der Waals surface area contributed by atoms with Gasteiger partial charge in [-0.15, -0.1) is 0 Å². The van der Waals surface area contributed by atoms with E-state index in [0.29, 0.717) is 5.56 Å².